The summed E-state index contributed by atoms with van der Waals surface area (Å²) in [5, 5.41) is 5.46. The Kier molecular flexibility index (Phi) is 4.14. The predicted octanol–water partition coefficient (Wildman–Crippen LogP) is 3.56. The van der Waals surface area contributed by atoms with E-state index in [4.69, 9.17) is 0 Å². The molecule has 1 fully saturated rings. The molecule has 0 aliphatic heterocycles. The lowest BCUT2D eigenvalue weighted by molar-refractivity contribution is -0.117. The number of halogens is 1. The number of hydrogen-bond acceptors (Lipinski definition) is 3. The van der Waals surface area contributed by atoms with Crippen LogP contribution in [0.15, 0.2) is 42.7 Å². The van der Waals surface area contributed by atoms with Gasteiger partial charge >= 0.3 is 0 Å². The lowest BCUT2D eigenvalue weighted by Gasteiger charge is -2.10. The first-order valence-electron chi connectivity index (χ1n) is 8.73. The van der Waals surface area contributed by atoms with Gasteiger partial charge in [0.05, 0.1) is 12.1 Å². The Morgan fingerprint density at radius 2 is 1.96 bits per heavy atom. The Hall–Kier alpha value is -3.22. The van der Waals surface area contributed by atoms with Crippen LogP contribution in [-0.2, 0) is 9.59 Å². The summed E-state index contributed by atoms with van der Waals surface area (Å²) in [5.41, 5.74) is 4.42. The summed E-state index contributed by atoms with van der Waals surface area (Å²) in [6, 6.07) is 9.52. The Morgan fingerprint density at radius 3 is 2.67 bits per heavy atom. The largest absolute Gasteiger partial charge is 0.326 e. The number of pyridine rings is 1. The number of carbonyl (C=O) groups excluding carboxylic acids is 2. The highest BCUT2D eigenvalue weighted by atomic mass is 19.1. The van der Waals surface area contributed by atoms with Gasteiger partial charge in [0.2, 0.25) is 11.8 Å². The van der Waals surface area contributed by atoms with Gasteiger partial charge in [-0.15, -0.1) is 0 Å². The molecule has 1 saturated carbocycles. The van der Waals surface area contributed by atoms with E-state index >= 15 is 0 Å². The predicted molar refractivity (Wildman–Crippen MR) is 101 cm³/mol. The summed E-state index contributed by atoms with van der Waals surface area (Å²) in [6.07, 6.45) is 2.87. The van der Waals surface area contributed by atoms with E-state index in [-0.39, 0.29) is 18.2 Å². The van der Waals surface area contributed by atoms with Crippen LogP contribution in [0.2, 0.25) is 0 Å². The van der Waals surface area contributed by atoms with E-state index in [9.17, 15) is 14.0 Å². The Balaban J connectivity index is 1.63. The van der Waals surface area contributed by atoms with E-state index in [1.807, 2.05) is 47.9 Å². The maximum atomic E-state index is 13.0. The summed E-state index contributed by atoms with van der Waals surface area (Å²) in [7, 11) is 0. The van der Waals surface area contributed by atoms with E-state index in [2.05, 4.69) is 15.6 Å². The molecule has 0 bridgehead atoms. The zero-order chi connectivity index (χ0) is 19.1. The molecular weight excluding hydrogens is 347 g/mol. The van der Waals surface area contributed by atoms with Crippen LogP contribution in [0.1, 0.15) is 18.9 Å². The fourth-order valence-corrected chi connectivity index (χ4v) is 3.08. The molecule has 7 heteroatoms. The molecule has 6 nitrogen and oxygen atoms in total. The second kappa shape index (κ2) is 6.50. The van der Waals surface area contributed by atoms with Crippen molar-refractivity contribution in [3.63, 3.8) is 0 Å². The fraction of sp³-hybridized carbons (Fsp3) is 0.250. The first-order chi connectivity index (χ1) is 12.9. The summed E-state index contributed by atoms with van der Waals surface area (Å²) in [6.45, 7) is 3.47. The molecule has 138 valence electrons. The number of rotatable bonds is 4. The third kappa shape index (κ3) is 3.53. The van der Waals surface area contributed by atoms with E-state index in [1.54, 1.807) is 6.20 Å². The van der Waals surface area contributed by atoms with Crippen molar-refractivity contribution >= 4 is 29.0 Å². The number of aromatic nitrogens is 2. The standard InChI is InChI=1S/C20H19FN4O2/c1-11-3-5-14(22-12(2)26)7-15(11)13-4-6-19-23-18(10-25(19)9-13)24-20(27)16-8-17(16)21/h3-7,9-10,16-17H,8H2,1-2H3,(H,22,26)(H,24,27). The second-order valence-electron chi connectivity index (χ2n) is 6.87. The first kappa shape index (κ1) is 17.2. The van der Waals surface area contributed by atoms with Crippen molar-refractivity contribution in [2.45, 2.75) is 26.4 Å². The summed E-state index contributed by atoms with van der Waals surface area (Å²) < 4.78 is 14.8. The Morgan fingerprint density at radius 1 is 1.19 bits per heavy atom. The molecule has 2 atom stereocenters. The van der Waals surface area contributed by atoms with Crippen molar-refractivity contribution in [1.29, 1.82) is 0 Å². The highest BCUT2D eigenvalue weighted by Gasteiger charge is 2.43. The number of amides is 2. The molecule has 27 heavy (non-hydrogen) atoms. The summed E-state index contributed by atoms with van der Waals surface area (Å²) >= 11 is 0. The van der Waals surface area contributed by atoms with Gasteiger partial charge in [-0.2, -0.15) is 0 Å². The number of nitrogens with zero attached hydrogens (tertiary/aromatic N) is 2. The molecule has 2 unspecified atom stereocenters. The Labute approximate surface area is 155 Å². The van der Waals surface area contributed by atoms with E-state index in [0.29, 0.717) is 11.5 Å². The number of alkyl halides is 1. The fourth-order valence-electron chi connectivity index (χ4n) is 3.08. The van der Waals surface area contributed by atoms with Crippen molar-refractivity contribution in [1.82, 2.24) is 9.38 Å². The minimum atomic E-state index is -1.03. The lowest BCUT2D eigenvalue weighted by atomic mass is 10.0. The SMILES string of the molecule is CC(=O)Nc1ccc(C)c(-c2ccc3nc(NC(=O)C4CC4F)cn3c2)c1. The van der Waals surface area contributed by atoms with Gasteiger partial charge in [0, 0.05) is 18.8 Å². The molecular formula is C20H19FN4O2. The van der Waals surface area contributed by atoms with Crippen molar-refractivity contribution in [3.05, 3.63) is 48.3 Å². The summed E-state index contributed by atoms with van der Waals surface area (Å²) in [4.78, 5) is 27.5. The lowest BCUT2D eigenvalue weighted by Crippen LogP contribution is -2.15. The van der Waals surface area contributed by atoms with Crippen LogP contribution in [0.25, 0.3) is 16.8 Å². The molecule has 3 aromatic rings. The minimum Gasteiger partial charge on any atom is -0.326 e. The molecule has 2 amide bonds. The molecule has 2 aromatic heterocycles. The average Bonchev–Trinajstić information content (AvgIpc) is 3.21. The number of fused-ring (bicyclic) bond motifs is 1. The van der Waals surface area contributed by atoms with Gasteiger partial charge < -0.3 is 15.0 Å². The molecule has 4 rings (SSSR count). The third-order valence-electron chi connectivity index (χ3n) is 4.62. The van der Waals surface area contributed by atoms with Crippen molar-refractivity contribution in [2.75, 3.05) is 10.6 Å². The van der Waals surface area contributed by atoms with Crippen molar-refractivity contribution in [3.8, 4) is 11.1 Å². The van der Waals surface area contributed by atoms with Crippen LogP contribution in [0.4, 0.5) is 15.9 Å². The number of hydrogen-bond donors (Lipinski definition) is 2. The number of benzene rings is 1. The number of aryl methyl sites for hydroxylation is 1. The average molecular weight is 366 g/mol. The molecule has 2 heterocycles. The van der Waals surface area contributed by atoms with Crippen LogP contribution in [-0.4, -0.2) is 27.4 Å². The van der Waals surface area contributed by atoms with Gasteiger partial charge in [-0.3, -0.25) is 9.59 Å². The normalized spacial score (nSPS) is 18.3. The van der Waals surface area contributed by atoms with Crippen molar-refractivity contribution in [2.24, 2.45) is 5.92 Å². The molecule has 0 saturated heterocycles. The molecule has 1 aromatic carbocycles. The van der Waals surface area contributed by atoms with Gasteiger partial charge in [-0.05, 0) is 54.3 Å². The number of imidazole rings is 1. The van der Waals surface area contributed by atoms with Crippen LogP contribution in [0, 0.1) is 12.8 Å². The van der Waals surface area contributed by atoms with E-state index in [0.717, 1.165) is 22.4 Å². The molecule has 1 aliphatic rings. The number of carbonyl (C=O) groups is 2. The van der Waals surface area contributed by atoms with Gasteiger partial charge in [0.25, 0.3) is 0 Å². The minimum absolute atomic E-state index is 0.124. The van der Waals surface area contributed by atoms with E-state index in [1.165, 1.54) is 6.92 Å². The highest BCUT2D eigenvalue weighted by molar-refractivity contribution is 5.94. The zero-order valence-corrected chi connectivity index (χ0v) is 15.0. The quantitative estimate of drug-likeness (QED) is 0.741. The van der Waals surface area contributed by atoms with Crippen LogP contribution < -0.4 is 10.6 Å². The Bertz CT molecular complexity index is 1060. The van der Waals surface area contributed by atoms with E-state index < -0.39 is 12.1 Å². The molecule has 1 aliphatic carbocycles. The first-order valence-corrected chi connectivity index (χ1v) is 8.73. The number of anilines is 2. The maximum Gasteiger partial charge on any atom is 0.231 e. The monoisotopic (exact) mass is 366 g/mol. The van der Waals surface area contributed by atoms with Crippen molar-refractivity contribution < 1.29 is 14.0 Å². The molecule has 2 N–H and O–H groups in total. The number of nitrogens with one attached hydrogen (secondary N) is 2. The molecule has 0 radical (unpaired) electrons. The second-order valence-corrected chi connectivity index (χ2v) is 6.87. The topological polar surface area (TPSA) is 75.5 Å². The smallest absolute Gasteiger partial charge is 0.231 e. The highest BCUT2D eigenvalue weighted by Crippen LogP contribution is 2.34. The van der Waals surface area contributed by atoms with Gasteiger partial charge in [0.15, 0.2) is 5.82 Å². The van der Waals surface area contributed by atoms with Crippen LogP contribution in [0.3, 0.4) is 0 Å². The molecule has 0 spiro atoms. The third-order valence-corrected chi connectivity index (χ3v) is 4.62. The van der Waals surface area contributed by atoms with Crippen LogP contribution >= 0.6 is 0 Å². The van der Waals surface area contributed by atoms with Gasteiger partial charge in [0.1, 0.15) is 11.8 Å². The maximum absolute atomic E-state index is 13.0. The zero-order valence-electron chi connectivity index (χ0n) is 15.0. The van der Waals surface area contributed by atoms with Crippen LogP contribution in [0.5, 0.6) is 0 Å². The summed E-state index contributed by atoms with van der Waals surface area (Å²) in [5.74, 6) is -0.601. The van der Waals surface area contributed by atoms with Gasteiger partial charge in [-0.1, -0.05) is 6.07 Å². The van der Waals surface area contributed by atoms with Gasteiger partial charge in [-0.25, -0.2) is 9.37 Å².